The van der Waals surface area contributed by atoms with Gasteiger partial charge in [0.25, 0.3) is 0 Å². The fourth-order valence-electron chi connectivity index (χ4n) is 6.36. The topological polar surface area (TPSA) is 77.1 Å². The Morgan fingerprint density at radius 2 is 1.94 bits per heavy atom. The molecule has 0 radical (unpaired) electrons. The number of hydrogen-bond donors (Lipinski definition) is 1. The molecule has 1 N–H and O–H groups in total. The van der Waals surface area contributed by atoms with Crippen LogP contribution in [0, 0.1) is 5.92 Å². The lowest BCUT2D eigenvalue weighted by molar-refractivity contribution is -0.152. The zero-order chi connectivity index (χ0) is 22.5. The average Bonchev–Trinajstić information content (AvgIpc) is 3.42. The molecular weight excluding hydrogens is 408 g/mol. The molecule has 0 amide bonds. The number of carbonyl (C=O) groups is 2. The van der Waals surface area contributed by atoms with Crippen LogP contribution in [-0.2, 0) is 26.2 Å². The largest absolute Gasteiger partial charge is 0.481 e. The fraction of sp³-hybridized carbons (Fsp3) is 0.600. The van der Waals surface area contributed by atoms with E-state index in [9.17, 15) is 9.59 Å². The van der Waals surface area contributed by atoms with Crippen molar-refractivity contribution in [2.24, 2.45) is 5.92 Å². The minimum absolute atomic E-state index is 0.245. The molecule has 5 atom stereocenters. The van der Waals surface area contributed by atoms with Gasteiger partial charge in [0.1, 0.15) is 6.10 Å². The molecule has 5 aliphatic rings. The third-order valence-electron chi connectivity index (χ3n) is 7.63. The van der Waals surface area contributed by atoms with Crippen LogP contribution in [-0.4, -0.2) is 61.8 Å². The van der Waals surface area contributed by atoms with Crippen molar-refractivity contribution in [1.82, 2.24) is 10.2 Å². The molecule has 1 aromatic carbocycles. The second-order valence-corrected chi connectivity index (χ2v) is 9.54. The van der Waals surface area contributed by atoms with E-state index >= 15 is 0 Å². The summed E-state index contributed by atoms with van der Waals surface area (Å²) in [7, 11) is 2.17. The Kier molecular flexibility index (Phi) is 5.50. The molecular formula is C25H32N2O5. The van der Waals surface area contributed by atoms with Crippen molar-refractivity contribution in [2.45, 2.75) is 63.2 Å². The second-order valence-electron chi connectivity index (χ2n) is 9.54. The van der Waals surface area contributed by atoms with Crippen LogP contribution in [0.4, 0.5) is 0 Å². The maximum absolute atomic E-state index is 11.7. The Balaban J connectivity index is 0.000000383. The van der Waals surface area contributed by atoms with Gasteiger partial charge in [-0.2, -0.15) is 0 Å². The van der Waals surface area contributed by atoms with Gasteiger partial charge < -0.3 is 24.4 Å². The van der Waals surface area contributed by atoms with E-state index in [1.165, 1.54) is 45.3 Å². The lowest BCUT2D eigenvalue weighted by atomic mass is 9.53. The van der Waals surface area contributed by atoms with Crippen molar-refractivity contribution in [3.63, 3.8) is 0 Å². The first-order valence-electron chi connectivity index (χ1n) is 11.7. The zero-order valence-electron chi connectivity index (χ0n) is 19.1. The van der Waals surface area contributed by atoms with Gasteiger partial charge in [-0.05, 0) is 70.1 Å². The highest BCUT2D eigenvalue weighted by Gasteiger charge is 2.65. The molecule has 2 saturated heterocycles. The molecule has 0 saturated carbocycles. The molecule has 7 nitrogen and oxygen atoms in total. The van der Waals surface area contributed by atoms with Gasteiger partial charge in [-0.1, -0.05) is 12.1 Å². The summed E-state index contributed by atoms with van der Waals surface area (Å²) in [5.74, 6) is 0.712. The van der Waals surface area contributed by atoms with E-state index in [-0.39, 0.29) is 29.4 Å². The Hall–Kier alpha value is -2.38. The number of likely N-dealkylation sites (tertiary alicyclic amines) is 1. The van der Waals surface area contributed by atoms with Gasteiger partial charge >= 0.3 is 11.9 Å². The zero-order valence-corrected chi connectivity index (χ0v) is 19.1. The third-order valence-corrected chi connectivity index (χ3v) is 7.63. The van der Waals surface area contributed by atoms with Gasteiger partial charge in [0.2, 0.25) is 0 Å². The predicted octanol–water partition coefficient (Wildman–Crippen LogP) is 2.36. The molecule has 3 aliphatic heterocycles. The highest BCUT2D eigenvalue weighted by atomic mass is 16.6. The number of hydrogen-bond acceptors (Lipinski definition) is 7. The number of benzene rings is 1. The van der Waals surface area contributed by atoms with Crippen molar-refractivity contribution in [3.05, 3.63) is 35.4 Å². The van der Waals surface area contributed by atoms with Crippen LogP contribution in [0.15, 0.2) is 24.3 Å². The summed E-state index contributed by atoms with van der Waals surface area (Å²) in [4.78, 5) is 25.7. The van der Waals surface area contributed by atoms with Gasteiger partial charge in [-0.25, -0.2) is 0 Å². The van der Waals surface area contributed by atoms with E-state index in [0.717, 1.165) is 24.9 Å². The Morgan fingerprint density at radius 3 is 2.59 bits per heavy atom. The summed E-state index contributed by atoms with van der Waals surface area (Å²) < 4.78 is 17.5. The third kappa shape index (κ3) is 3.33. The van der Waals surface area contributed by atoms with Gasteiger partial charge in [0.05, 0.1) is 0 Å². The smallest absolute Gasteiger partial charge is 0.308 e. The van der Waals surface area contributed by atoms with E-state index in [1.54, 1.807) is 0 Å². The van der Waals surface area contributed by atoms with Crippen molar-refractivity contribution >= 4 is 11.9 Å². The van der Waals surface area contributed by atoms with Gasteiger partial charge in [-0.15, -0.1) is 0 Å². The number of nitrogens with one attached hydrogen (secondary N) is 1. The summed E-state index contributed by atoms with van der Waals surface area (Å²) in [5.41, 5.74) is 2.15. The summed E-state index contributed by atoms with van der Waals surface area (Å²) in [6.45, 7) is 6.27. The van der Waals surface area contributed by atoms with Crippen LogP contribution < -0.4 is 14.8 Å². The Labute approximate surface area is 189 Å². The lowest BCUT2D eigenvalue weighted by Crippen LogP contribution is -2.65. The minimum atomic E-state index is -0.439. The van der Waals surface area contributed by atoms with E-state index in [0.29, 0.717) is 17.5 Å². The summed E-state index contributed by atoms with van der Waals surface area (Å²) in [6, 6.07) is 4.28. The molecule has 1 aromatic rings. The van der Waals surface area contributed by atoms with Crippen LogP contribution in [0.1, 0.15) is 44.2 Å². The highest BCUT2D eigenvalue weighted by Crippen LogP contribution is 2.62. The summed E-state index contributed by atoms with van der Waals surface area (Å²) in [6.07, 6.45) is 8.09. The fourth-order valence-corrected chi connectivity index (χ4v) is 6.36. The molecule has 0 aromatic heterocycles. The lowest BCUT2D eigenvalue weighted by Gasteiger charge is -2.56. The molecule has 6 rings (SSSR count). The van der Waals surface area contributed by atoms with Gasteiger partial charge in [-0.3, -0.25) is 9.59 Å². The number of ether oxygens (including phenoxy) is 3. The highest BCUT2D eigenvalue weighted by molar-refractivity contribution is 5.73. The second kappa shape index (κ2) is 8.19. The Bertz CT molecular complexity index is 948. The Morgan fingerprint density at radius 1 is 1.16 bits per heavy atom. The number of piperidine rings is 1. The van der Waals surface area contributed by atoms with Crippen LogP contribution in [0.5, 0.6) is 11.5 Å². The molecule has 2 bridgehead atoms. The van der Waals surface area contributed by atoms with E-state index in [4.69, 9.17) is 14.2 Å². The van der Waals surface area contributed by atoms with Crippen molar-refractivity contribution in [2.75, 3.05) is 26.7 Å². The van der Waals surface area contributed by atoms with Crippen molar-refractivity contribution < 1.29 is 23.8 Å². The number of nitrogens with zero attached hydrogens (tertiary/aromatic N) is 1. The maximum atomic E-state index is 11.7. The van der Waals surface area contributed by atoms with Gasteiger partial charge in [0.15, 0.2) is 17.6 Å². The van der Waals surface area contributed by atoms with Crippen molar-refractivity contribution in [1.29, 1.82) is 0 Å². The molecule has 2 aliphatic carbocycles. The molecule has 32 heavy (non-hydrogen) atoms. The normalized spacial score (nSPS) is 33.5. The average molecular weight is 441 g/mol. The number of rotatable bonds is 2. The minimum Gasteiger partial charge on any atom is -0.481 e. The van der Waals surface area contributed by atoms with Crippen LogP contribution >= 0.6 is 0 Å². The monoisotopic (exact) mass is 440 g/mol. The van der Waals surface area contributed by atoms with Crippen LogP contribution in [0.25, 0.3) is 0 Å². The van der Waals surface area contributed by atoms with Gasteiger partial charge in [0, 0.05) is 36.8 Å². The van der Waals surface area contributed by atoms with E-state index in [2.05, 4.69) is 29.4 Å². The number of likely N-dealkylation sites (N-methyl/N-ethyl adjacent to an activating group) is 1. The van der Waals surface area contributed by atoms with Crippen LogP contribution in [0.3, 0.4) is 0 Å². The molecule has 3 heterocycles. The van der Waals surface area contributed by atoms with E-state index in [1.807, 2.05) is 12.1 Å². The molecule has 0 unspecified atom stereocenters. The molecule has 1 spiro atoms. The first-order valence-corrected chi connectivity index (χ1v) is 11.7. The number of carbonyl (C=O) groups excluding carboxylic acids is 2. The molecule has 7 heteroatoms. The first-order chi connectivity index (χ1) is 15.4. The first kappa shape index (κ1) is 21.5. The van der Waals surface area contributed by atoms with Crippen LogP contribution in [0.2, 0.25) is 0 Å². The van der Waals surface area contributed by atoms with E-state index < -0.39 is 6.10 Å². The predicted molar refractivity (Wildman–Crippen MR) is 119 cm³/mol. The summed E-state index contributed by atoms with van der Waals surface area (Å²) >= 11 is 0. The van der Waals surface area contributed by atoms with Crippen molar-refractivity contribution in [3.8, 4) is 11.5 Å². The molecule has 172 valence electrons. The summed E-state index contributed by atoms with van der Waals surface area (Å²) in [5, 5.41) is 3.22. The SMILES string of the molecule is C1CCNC1.CC(=O)Oc1ccc2c3c1O[C@H]1[C@@H](OC(C)=O)C=C[C@H]4[C@@H](C2)N(C)CC[C@@]341. The maximum Gasteiger partial charge on any atom is 0.308 e. The quantitative estimate of drug-likeness (QED) is 0.430. The molecule has 2 fully saturated rings. The number of esters is 2. The standard InChI is InChI=1S/C21H23NO5.C4H9N/c1-11(23)25-16-6-4-13-10-15-14-5-7-17(26-12(2)24)20-21(14,8-9-22(15)3)18(13)19(16)27-20;1-2-4-5-3-1/h4-7,14-15,17,20H,8-10H2,1-3H3;5H,1-4H2/t14-,15+,17-,20-,21-;/m0./s1.